The van der Waals surface area contributed by atoms with Crippen LogP contribution in [0.3, 0.4) is 0 Å². The van der Waals surface area contributed by atoms with Crippen molar-refractivity contribution in [2.45, 2.75) is 32.2 Å². The topological polar surface area (TPSA) is 49.7 Å². The molecule has 0 saturated heterocycles. The minimum Gasteiger partial charge on any atom is -0.292 e. The number of benzene rings is 2. The van der Waals surface area contributed by atoms with Gasteiger partial charge in [-0.2, -0.15) is 0 Å². The van der Waals surface area contributed by atoms with E-state index in [0.717, 1.165) is 12.0 Å². The summed E-state index contributed by atoms with van der Waals surface area (Å²) >= 11 is 0. The van der Waals surface area contributed by atoms with Gasteiger partial charge >= 0.3 is 0 Å². The summed E-state index contributed by atoms with van der Waals surface area (Å²) in [5, 5.41) is 0. The first-order valence-electron chi connectivity index (χ1n) is 8.71. The molecule has 1 aliphatic heterocycles. The van der Waals surface area contributed by atoms with Crippen LogP contribution < -0.4 is 0 Å². The van der Waals surface area contributed by atoms with E-state index in [0.29, 0.717) is 12.3 Å². The summed E-state index contributed by atoms with van der Waals surface area (Å²) in [6, 6.07) is 15.2. The minimum absolute atomic E-state index is 0.0131. The van der Waals surface area contributed by atoms with E-state index < -0.39 is 17.1 Å². The Hall–Kier alpha value is -2.82. The third-order valence-corrected chi connectivity index (χ3v) is 4.68. The van der Waals surface area contributed by atoms with Crippen LogP contribution in [0.25, 0.3) is 0 Å². The molecule has 1 aliphatic rings. The molecule has 0 fully saturated rings. The fraction of sp³-hybridized carbons (Fsp3) is 0.286. The van der Waals surface area contributed by atoms with Crippen molar-refractivity contribution in [1.29, 1.82) is 0 Å². The highest BCUT2D eigenvalue weighted by atomic mass is 19.1. The number of rotatable bonds is 6. The number of carbonyl (C=O) groups is 2. The average Bonchev–Trinajstić information content (AvgIpc) is 2.88. The van der Waals surface area contributed by atoms with Crippen molar-refractivity contribution in [2.75, 3.05) is 6.54 Å². The fourth-order valence-corrected chi connectivity index (χ4v) is 3.43. The standard InChI is InChI=1S/C21H21FN2O2/c1-3-13-21(16-9-5-4-6-10-16)20(26)24(15(2)23-21)14-19(25)17-11-7-8-12-18(17)22/h4-12H,3,13-14H2,1-2H3. The van der Waals surface area contributed by atoms with Crippen molar-refractivity contribution in [1.82, 2.24) is 4.90 Å². The van der Waals surface area contributed by atoms with Gasteiger partial charge in [-0.1, -0.05) is 55.8 Å². The van der Waals surface area contributed by atoms with Gasteiger partial charge in [0.05, 0.1) is 12.1 Å². The van der Waals surface area contributed by atoms with Gasteiger partial charge in [-0.05, 0) is 31.0 Å². The number of hydrogen-bond donors (Lipinski definition) is 0. The molecule has 2 aromatic carbocycles. The Bertz CT molecular complexity index is 863. The van der Waals surface area contributed by atoms with Gasteiger partial charge in [0.15, 0.2) is 11.3 Å². The van der Waals surface area contributed by atoms with Crippen LogP contribution in [0.5, 0.6) is 0 Å². The molecule has 4 nitrogen and oxygen atoms in total. The number of Topliss-reactive ketones (excluding diaryl/α,β-unsaturated/α-hetero) is 1. The van der Waals surface area contributed by atoms with Crippen LogP contribution in [0, 0.1) is 5.82 Å². The quantitative estimate of drug-likeness (QED) is 0.739. The summed E-state index contributed by atoms with van der Waals surface area (Å²) in [5.74, 6) is -0.766. The lowest BCUT2D eigenvalue weighted by atomic mass is 9.85. The molecule has 0 aromatic heterocycles. The van der Waals surface area contributed by atoms with Crippen LogP contribution >= 0.6 is 0 Å². The highest BCUT2D eigenvalue weighted by Gasteiger charge is 2.48. The van der Waals surface area contributed by atoms with E-state index in [1.807, 2.05) is 37.3 Å². The second-order valence-electron chi connectivity index (χ2n) is 6.43. The van der Waals surface area contributed by atoms with Crippen molar-refractivity contribution in [2.24, 2.45) is 4.99 Å². The van der Waals surface area contributed by atoms with E-state index in [9.17, 15) is 14.0 Å². The summed E-state index contributed by atoms with van der Waals surface area (Å²) in [5.41, 5.74) is -0.205. The SMILES string of the molecule is CCCC1(c2ccccc2)N=C(C)N(CC(=O)c2ccccc2F)C1=O. The Balaban J connectivity index is 1.92. The van der Waals surface area contributed by atoms with E-state index in [-0.39, 0.29) is 18.0 Å². The normalized spacial score (nSPS) is 19.6. The summed E-state index contributed by atoms with van der Waals surface area (Å²) in [4.78, 5) is 31.8. The van der Waals surface area contributed by atoms with Gasteiger partial charge < -0.3 is 0 Å². The fourth-order valence-electron chi connectivity index (χ4n) is 3.43. The lowest BCUT2D eigenvalue weighted by Crippen LogP contribution is -2.43. The number of amidine groups is 1. The molecule has 3 rings (SSSR count). The second-order valence-corrected chi connectivity index (χ2v) is 6.43. The maximum absolute atomic E-state index is 13.9. The molecule has 0 spiro atoms. The van der Waals surface area contributed by atoms with Crippen LogP contribution in [0.1, 0.15) is 42.6 Å². The molecule has 134 valence electrons. The number of aliphatic imine (C=N–C) groups is 1. The zero-order chi connectivity index (χ0) is 18.7. The van der Waals surface area contributed by atoms with E-state index in [1.54, 1.807) is 13.0 Å². The number of hydrogen-bond acceptors (Lipinski definition) is 3. The van der Waals surface area contributed by atoms with Crippen LogP contribution in [-0.4, -0.2) is 29.0 Å². The van der Waals surface area contributed by atoms with E-state index in [2.05, 4.69) is 4.99 Å². The summed E-state index contributed by atoms with van der Waals surface area (Å²) in [6.07, 6.45) is 1.32. The van der Waals surface area contributed by atoms with Gasteiger partial charge in [-0.3, -0.25) is 19.5 Å². The highest BCUT2D eigenvalue weighted by molar-refractivity contribution is 6.11. The third-order valence-electron chi connectivity index (χ3n) is 4.68. The molecule has 0 radical (unpaired) electrons. The summed E-state index contributed by atoms with van der Waals surface area (Å²) in [6.45, 7) is 3.50. The number of ketones is 1. The molecule has 2 aromatic rings. The van der Waals surface area contributed by atoms with Crippen molar-refractivity contribution in [3.05, 3.63) is 71.5 Å². The van der Waals surface area contributed by atoms with Crippen molar-refractivity contribution in [3.8, 4) is 0 Å². The third kappa shape index (κ3) is 3.05. The summed E-state index contributed by atoms with van der Waals surface area (Å²) < 4.78 is 13.9. The Kier molecular flexibility index (Phi) is 4.98. The molecule has 26 heavy (non-hydrogen) atoms. The van der Waals surface area contributed by atoms with Crippen molar-refractivity contribution >= 4 is 17.5 Å². The van der Waals surface area contributed by atoms with Gasteiger partial charge in [0.1, 0.15) is 11.7 Å². The van der Waals surface area contributed by atoms with E-state index in [4.69, 9.17) is 0 Å². The van der Waals surface area contributed by atoms with Crippen molar-refractivity contribution in [3.63, 3.8) is 0 Å². The predicted octanol–water partition coefficient (Wildman–Crippen LogP) is 3.96. The predicted molar refractivity (Wildman–Crippen MR) is 98.6 cm³/mol. The number of halogens is 1. The average molecular weight is 352 g/mol. The van der Waals surface area contributed by atoms with E-state index in [1.165, 1.54) is 23.1 Å². The Morgan fingerprint density at radius 1 is 1.12 bits per heavy atom. The van der Waals surface area contributed by atoms with Crippen molar-refractivity contribution < 1.29 is 14.0 Å². The van der Waals surface area contributed by atoms with Gasteiger partial charge in [0.25, 0.3) is 5.91 Å². The molecule has 0 saturated carbocycles. The first-order valence-corrected chi connectivity index (χ1v) is 8.71. The monoisotopic (exact) mass is 352 g/mol. The van der Waals surface area contributed by atoms with Crippen LogP contribution in [0.2, 0.25) is 0 Å². The molecule has 1 amide bonds. The Morgan fingerprint density at radius 3 is 2.42 bits per heavy atom. The molecule has 1 heterocycles. The molecule has 0 bridgehead atoms. The molecule has 1 atom stereocenters. The molecule has 5 heteroatoms. The Labute approximate surface area is 152 Å². The minimum atomic E-state index is -1.00. The Morgan fingerprint density at radius 2 is 1.77 bits per heavy atom. The lowest BCUT2D eigenvalue weighted by molar-refractivity contribution is -0.131. The molecular weight excluding hydrogens is 331 g/mol. The van der Waals surface area contributed by atoms with Gasteiger partial charge in [-0.15, -0.1) is 0 Å². The zero-order valence-corrected chi connectivity index (χ0v) is 14.9. The highest BCUT2D eigenvalue weighted by Crippen LogP contribution is 2.38. The number of nitrogens with zero attached hydrogens (tertiary/aromatic N) is 2. The smallest absolute Gasteiger partial charge is 0.260 e. The zero-order valence-electron chi connectivity index (χ0n) is 14.9. The molecule has 0 aliphatic carbocycles. The number of amides is 1. The van der Waals surface area contributed by atoms with Crippen LogP contribution in [0.4, 0.5) is 4.39 Å². The van der Waals surface area contributed by atoms with Gasteiger partial charge in [-0.25, -0.2) is 4.39 Å². The van der Waals surface area contributed by atoms with Crippen LogP contribution in [0.15, 0.2) is 59.6 Å². The van der Waals surface area contributed by atoms with E-state index >= 15 is 0 Å². The molecule has 1 unspecified atom stereocenters. The number of carbonyl (C=O) groups excluding carboxylic acids is 2. The summed E-state index contributed by atoms with van der Waals surface area (Å²) in [7, 11) is 0. The molecular formula is C21H21FN2O2. The second kappa shape index (κ2) is 7.20. The first kappa shape index (κ1) is 18.0. The maximum atomic E-state index is 13.9. The van der Waals surface area contributed by atoms with Gasteiger partial charge in [0.2, 0.25) is 0 Å². The van der Waals surface area contributed by atoms with Gasteiger partial charge in [0, 0.05) is 0 Å². The molecule has 0 N–H and O–H groups in total. The maximum Gasteiger partial charge on any atom is 0.260 e. The van der Waals surface area contributed by atoms with Crippen LogP contribution in [-0.2, 0) is 10.3 Å². The lowest BCUT2D eigenvalue weighted by Gasteiger charge is -2.26. The first-order chi connectivity index (χ1) is 12.5. The largest absolute Gasteiger partial charge is 0.292 e.